The van der Waals surface area contributed by atoms with Gasteiger partial charge in [-0.05, 0) is 19.1 Å². The van der Waals surface area contributed by atoms with Crippen molar-refractivity contribution < 1.29 is 14.9 Å². The van der Waals surface area contributed by atoms with Crippen molar-refractivity contribution in [2.24, 2.45) is 10.7 Å². The predicted molar refractivity (Wildman–Crippen MR) is 112 cm³/mol. The Morgan fingerprint density at radius 1 is 1.30 bits per heavy atom. The number of hydrogen-bond acceptors (Lipinski definition) is 9. The predicted octanol–water partition coefficient (Wildman–Crippen LogP) is -0.0243. The first-order valence-electron chi connectivity index (χ1n) is 9.69. The zero-order valence-electron chi connectivity index (χ0n) is 16.4. The van der Waals surface area contributed by atoms with Gasteiger partial charge in [0.1, 0.15) is 28.9 Å². The largest absolute Gasteiger partial charge is 0.390 e. The lowest BCUT2D eigenvalue weighted by Gasteiger charge is -2.36. The normalized spacial score (nSPS) is 25.1. The molecule has 4 N–H and O–H groups in total. The SMILES string of the molecule is CCN=C(N)S[C@@H]1CC(O)[C@H](O)C(Cn2cc(Cn3nnc4ccccc43)nn2)O1. The van der Waals surface area contributed by atoms with E-state index in [2.05, 4.69) is 25.6 Å². The molecule has 1 saturated heterocycles. The molecule has 4 rings (SSSR count). The van der Waals surface area contributed by atoms with Crippen LogP contribution in [0.15, 0.2) is 35.5 Å². The molecule has 0 spiro atoms. The van der Waals surface area contributed by atoms with Crippen LogP contribution in [0.4, 0.5) is 0 Å². The second kappa shape index (κ2) is 9.08. The van der Waals surface area contributed by atoms with Crippen LogP contribution < -0.4 is 5.73 Å². The zero-order valence-corrected chi connectivity index (χ0v) is 17.3. The van der Waals surface area contributed by atoms with E-state index >= 15 is 0 Å². The van der Waals surface area contributed by atoms with Crippen LogP contribution in [0, 0.1) is 0 Å². The number of amidine groups is 1. The summed E-state index contributed by atoms with van der Waals surface area (Å²) in [5, 5.41) is 37.6. The van der Waals surface area contributed by atoms with Gasteiger partial charge in [0, 0.05) is 13.0 Å². The molecule has 4 atom stereocenters. The maximum Gasteiger partial charge on any atom is 0.156 e. The fourth-order valence-corrected chi connectivity index (χ4v) is 4.31. The number of benzene rings is 1. The minimum absolute atomic E-state index is 0.241. The second-order valence-corrected chi connectivity index (χ2v) is 8.18. The van der Waals surface area contributed by atoms with Crippen molar-refractivity contribution in [1.82, 2.24) is 30.0 Å². The molecule has 12 heteroatoms. The van der Waals surface area contributed by atoms with Crippen molar-refractivity contribution in [2.75, 3.05) is 6.54 Å². The summed E-state index contributed by atoms with van der Waals surface area (Å²) in [5.74, 6) is 0. The highest BCUT2D eigenvalue weighted by atomic mass is 32.2. The first kappa shape index (κ1) is 20.7. The molecule has 0 amide bonds. The van der Waals surface area contributed by atoms with Gasteiger partial charge >= 0.3 is 0 Å². The molecule has 0 saturated carbocycles. The van der Waals surface area contributed by atoms with Gasteiger partial charge < -0.3 is 20.7 Å². The first-order chi connectivity index (χ1) is 14.5. The third-order valence-electron chi connectivity index (χ3n) is 4.79. The maximum atomic E-state index is 10.4. The van der Waals surface area contributed by atoms with E-state index in [0.29, 0.717) is 24.0 Å². The molecule has 160 valence electrons. The highest BCUT2D eigenvalue weighted by Gasteiger charge is 2.37. The van der Waals surface area contributed by atoms with Crippen LogP contribution in [-0.2, 0) is 17.8 Å². The molecule has 11 nitrogen and oxygen atoms in total. The molecular weight excluding hydrogens is 408 g/mol. The Labute approximate surface area is 176 Å². The number of rotatable bonds is 6. The fourth-order valence-electron chi connectivity index (χ4n) is 3.34. The first-order valence-corrected chi connectivity index (χ1v) is 10.6. The summed E-state index contributed by atoms with van der Waals surface area (Å²) in [4.78, 5) is 4.12. The highest BCUT2D eigenvalue weighted by molar-refractivity contribution is 8.14. The molecule has 2 aromatic heterocycles. The lowest BCUT2D eigenvalue weighted by atomic mass is 10.0. The summed E-state index contributed by atoms with van der Waals surface area (Å²) in [5.41, 5.74) is 7.87. The molecule has 3 aromatic rings. The summed E-state index contributed by atoms with van der Waals surface area (Å²) in [6.45, 7) is 3.12. The minimum Gasteiger partial charge on any atom is -0.390 e. The van der Waals surface area contributed by atoms with Gasteiger partial charge in [-0.3, -0.25) is 4.99 Å². The summed E-state index contributed by atoms with van der Waals surface area (Å²) >= 11 is 1.24. The summed E-state index contributed by atoms with van der Waals surface area (Å²) < 4.78 is 9.28. The number of para-hydroxylation sites is 1. The van der Waals surface area contributed by atoms with Gasteiger partial charge in [-0.15, -0.1) is 10.2 Å². The van der Waals surface area contributed by atoms with Crippen molar-refractivity contribution in [2.45, 2.75) is 50.2 Å². The Hall–Kier alpha value is -2.54. The van der Waals surface area contributed by atoms with E-state index in [4.69, 9.17) is 10.5 Å². The number of nitrogens with two attached hydrogens (primary N) is 1. The third-order valence-corrected chi connectivity index (χ3v) is 5.72. The van der Waals surface area contributed by atoms with Crippen LogP contribution >= 0.6 is 11.8 Å². The highest BCUT2D eigenvalue weighted by Crippen LogP contribution is 2.28. The monoisotopic (exact) mass is 432 g/mol. The standard InChI is InChI=1S/C18H24N8O3S/c1-2-20-18(19)30-16-7-14(27)17(28)15(29-16)10-25-8-11(21-23-25)9-26-13-6-4-3-5-12(13)22-24-26/h3-6,8,14-17,27-28H,2,7,9-10H2,1H3,(H2,19,20)/t14?,15?,16-,17+/m1/s1. The van der Waals surface area contributed by atoms with Gasteiger partial charge in [-0.25, -0.2) is 9.36 Å². The van der Waals surface area contributed by atoms with E-state index in [1.54, 1.807) is 15.6 Å². The lowest BCUT2D eigenvalue weighted by molar-refractivity contribution is -0.149. The maximum absolute atomic E-state index is 10.4. The van der Waals surface area contributed by atoms with E-state index in [1.807, 2.05) is 31.2 Å². The van der Waals surface area contributed by atoms with Gasteiger partial charge in [0.05, 0.1) is 30.9 Å². The molecule has 1 aromatic carbocycles. The number of aliphatic hydroxyl groups is 2. The molecule has 0 aliphatic carbocycles. The van der Waals surface area contributed by atoms with Crippen LogP contribution in [0.25, 0.3) is 11.0 Å². The van der Waals surface area contributed by atoms with Crippen molar-refractivity contribution in [3.63, 3.8) is 0 Å². The molecule has 1 aliphatic heterocycles. The second-order valence-electron chi connectivity index (χ2n) is 7.00. The van der Waals surface area contributed by atoms with Crippen molar-refractivity contribution in [3.05, 3.63) is 36.2 Å². The molecule has 2 unspecified atom stereocenters. The number of ether oxygens (including phenoxy) is 1. The number of fused-ring (bicyclic) bond motifs is 1. The Morgan fingerprint density at radius 2 is 2.13 bits per heavy atom. The van der Waals surface area contributed by atoms with Crippen LogP contribution in [-0.4, -0.2) is 75.7 Å². The molecule has 3 heterocycles. The number of hydrogen-bond donors (Lipinski definition) is 3. The molecule has 30 heavy (non-hydrogen) atoms. The Kier molecular flexibility index (Phi) is 6.27. The number of aliphatic imine (C=N–C) groups is 1. The van der Waals surface area contributed by atoms with Gasteiger partial charge in [-0.2, -0.15) is 0 Å². The average molecular weight is 433 g/mol. The van der Waals surface area contributed by atoms with E-state index in [9.17, 15) is 10.2 Å². The van der Waals surface area contributed by atoms with Crippen molar-refractivity contribution in [1.29, 1.82) is 0 Å². The Balaban J connectivity index is 1.42. The number of thioether (sulfide) groups is 1. The van der Waals surface area contributed by atoms with Gasteiger partial charge in [0.2, 0.25) is 0 Å². The van der Waals surface area contributed by atoms with Gasteiger partial charge in [-0.1, -0.05) is 34.3 Å². The van der Waals surface area contributed by atoms with E-state index in [-0.39, 0.29) is 13.0 Å². The average Bonchev–Trinajstić information content (AvgIpc) is 3.33. The van der Waals surface area contributed by atoms with E-state index < -0.39 is 23.7 Å². The summed E-state index contributed by atoms with van der Waals surface area (Å²) in [6.07, 6.45) is -0.562. The van der Waals surface area contributed by atoms with Crippen LogP contribution in [0.5, 0.6) is 0 Å². The van der Waals surface area contributed by atoms with Crippen LogP contribution in [0.2, 0.25) is 0 Å². The molecule has 0 bridgehead atoms. The smallest absolute Gasteiger partial charge is 0.156 e. The number of aliphatic hydroxyl groups excluding tert-OH is 2. The van der Waals surface area contributed by atoms with Crippen molar-refractivity contribution in [3.8, 4) is 0 Å². The molecule has 0 radical (unpaired) electrons. The Bertz CT molecular complexity index is 1020. The molecule has 1 aliphatic rings. The lowest BCUT2D eigenvalue weighted by Crippen LogP contribution is -2.49. The van der Waals surface area contributed by atoms with Crippen LogP contribution in [0.1, 0.15) is 19.0 Å². The van der Waals surface area contributed by atoms with Crippen molar-refractivity contribution >= 4 is 28.0 Å². The quantitative estimate of drug-likeness (QED) is 0.360. The number of aromatic nitrogens is 6. The molecule has 1 fully saturated rings. The van der Waals surface area contributed by atoms with Crippen LogP contribution in [0.3, 0.4) is 0 Å². The van der Waals surface area contributed by atoms with Gasteiger partial charge in [0.15, 0.2) is 5.17 Å². The number of nitrogens with zero attached hydrogens (tertiary/aromatic N) is 7. The topological polar surface area (TPSA) is 149 Å². The Morgan fingerprint density at radius 3 is 2.97 bits per heavy atom. The fraction of sp³-hybridized carbons (Fsp3) is 0.500. The summed E-state index contributed by atoms with van der Waals surface area (Å²) in [6, 6.07) is 7.68. The van der Waals surface area contributed by atoms with E-state index in [0.717, 1.165) is 11.0 Å². The summed E-state index contributed by atoms with van der Waals surface area (Å²) in [7, 11) is 0. The minimum atomic E-state index is -1.03. The van der Waals surface area contributed by atoms with E-state index in [1.165, 1.54) is 11.8 Å². The zero-order chi connectivity index (χ0) is 21.1. The third kappa shape index (κ3) is 4.61. The molecular formula is C18H24N8O3S. The van der Waals surface area contributed by atoms with Gasteiger partial charge in [0.25, 0.3) is 0 Å².